The molecule has 2 aromatic carbocycles. The van der Waals surface area contributed by atoms with E-state index in [2.05, 4.69) is 38.5 Å². The molecule has 1 nitrogen and oxygen atoms in total. The van der Waals surface area contributed by atoms with E-state index in [1.165, 1.54) is 0 Å². The summed E-state index contributed by atoms with van der Waals surface area (Å²) in [6.45, 7) is 1.99. The summed E-state index contributed by atoms with van der Waals surface area (Å²) in [6, 6.07) is 13.4. The summed E-state index contributed by atoms with van der Waals surface area (Å²) >= 11 is 5.56. The third-order valence-corrected chi connectivity index (χ3v) is 3.94. The van der Waals surface area contributed by atoms with Gasteiger partial charge in [-0.2, -0.15) is 0 Å². The second kappa shape index (κ2) is 5.31. The molecule has 0 saturated heterocycles. The average molecular weight is 401 g/mol. The fraction of sp³-hybridized carbons (Fsp3) is 0.0714. The molecule has 0 aliphatic heterocycles. The fourth-order valence-electron chi connectivity index (χ4n) is 1.57. The summed E-state index contributed by atoms with van der Waals surface area (Å²) in [5.74, 6) is 0.0746. The van der Waals surface area contributed by atoms with Gasteiger partial charge in [0.05, 0.1) is 0 Å². The third kappa shape index (κ3) is 2.96. The molecule has 0 aromatic heterocycles. The van der Waals surface area contributed by atoms with Crippen molar-refractivity contribution in [2.24, 2.45) is 0 Å². The van der Waals surface area contributed by atoms with Gasteiger partial charge in [0.1, 0.15) is 0 Å². The van der Waals surface area contributed by atoms with Crippen LogP contribution in [0.4, 0.5) is 0 Å². The highest BCUT2D eigenvalue weighted by atomic mass is 127. The minimum absolute atomic E-state index is 0.0746. The molecule has 3 heteroatoms. The first-order valence-corrected chi connectivity index (χ1v) is 7.01. The Balaban J connectivity index is 2.43. The molecule has 0 aliphatic rings. The average Bonchev–Trinajstić information content (AvgIpc) is 2.32. The normalized spacial score (nSPS) is 10.3. The van der Waals surface area contributed by atoms with Crippen molar-refractivity contribution in [2.75, 3.05) is 0 Å². The predicted octanol–water partition coefficient (Wildman–Crippen LogP) is 4.59. The smallest absolute Gasteiger partial charge is 0.194 e. The van der Waals surface area contributed by atoms with E-state index in [9.17, 15) is 4.79 Å². The van der Waals surface area contributed by atoms with Gasteiger partial charge >= 0.3 is 0 Å². The standard InChI is InChI=1S/C14H10BrIO/c1-9-2-7-13(16)12(8-9)14(17)10-3-5-11(15)6-4-10/h2-8H,1H3. The van der Waals surface area contributed by atoms with Crippen LogP contribution in [0.5, 0.6) is 0 Å². The van der Waals surface area contributed by atoms with Crippen LogP contribution in [-0.2, 0) is 0 Å². The quantitative estimate of drug-likeness (QED) is 0.532. The van der Waals surface area contributed by atoms with Gasteiger partial charge in [0, 0.05) is 19.2 Å². The van der Waals surface area contributed by atoms with E-state index in [1.54, 1.807) is 0 Å². The van der Waals surface area contributed by atoms with Crippen LogP contribution in [0.2, 0.25) is 0 Å². The van der Waals surface area contributed by atoms with Gasteiger partial charge in [-0.25, -0.2) is 0 Å². The number of ketones is 1. The Morgan fingerprint density at radius 3 is 2.41 bits per heavy atom. The maximum atomic E-state index is 12.3. The molecule has 2 aromatic rings. The van der Waals surface area contributed by atoms with Crippen LogP contribution in [0.25, 0.3) is 0 Å². The predicted molar refractivity (Wildman–Crippen MR) is 81.5 cm³/mol. The topological polar surface area (TPSA) is 17.1 Å². The van der Waals surface area contributed by atoms with Crippen LogP contribution in [0.1, 0.15) is 21.5 Å². The molecule has 0 atom stereocenters. The molecular weight excluding hydrogens is 391 g/mol. The lowest BCUT2D eigenvalue weighted by molar-refractivity contribution is 0.103. The van der Waals surface area contributed by atoms with E-state index in [1.807, 2.05) is 49.4 Å². The zero-order valence-electron chi connectivity index (χ0n) is 9.21. The summed E-state index contributed by atoms with van der Waals surface area (Å²) in [4.78, 5) is 12.3. The molecule has 0 N–H and O–H groups in total. The minimum atomic E-state index is 0.0746. The number of carbonyl (C=O) groups excluding carboxylic acids is 1. The number of benzene rings is 2. The van der Waals surface area contributed by atoms with Crippen molar-refractivity contribution >= 4 is 44.3 Å². The van der Waals surface area contributed by atoms with Crippen molar-refractivity contribution in [3.8, 4) is 0 Å². The molecule has 0 spiro atoms. The molecular formula is C14H10BrIO. The fourth-order valence-corrected chi connectivity index (χ4v) is 2.41. The molecule has 0 bridgehead atoms. The summed E-state index contributed by atoms with van der Waals surface area (Å²) in [5, 5.41) is 0. The number of halogens is 2. The molecule has 0 unspecified atom stereocenters. The van der Waals surface area contributed by atoms with E-state index in [4.69, 9.17) is 0 Å². The van der Waals surface area contributed by atoms with Crippen LogP contribution >= 0.6 is 38.5 Å². The van der Waals surface area contributed by atoms with Crippen molar-refractivity contribution in [1.82, 2.24) is 0 Å². The molecule has 0 radical (unpaired) electrons. The lowest BCUT2D eigenvalue weighted by Gasteiger charge is -2.05. The van der Waals surface area contributed by atoms with Crippen LogP contribution in [0, 0.1) is 10.5 Å². The van der Waals surface area contributed by atoms with Gasteiger partial charge in [-0.1, -0.05) is 27.6 Å². The molecule has 0 fully saturated rings. The van der Waals surface area contributed by atoms with E-state index in [-0.39, 0.29) is 5.78 Å². The van der Waals surface area contributed by atoms with Crippen molar-refractivity contribution in [2.45, 2.75) is 6.92 Å². The van der Waals surface area contributed by atoms with Crippen molar-refractivity contribution in [1.29, 1.82) is 0 Å². The highest BCUT2D eigenvalue weighted by Gasteiger charge is 2.12. The zero-order chi connectivity index (χ0) is 12.4. The van der Waals surface area contributed by atoms with Crippen LogP contribution in [0.15, 0.2) is 46.9 Å². The first-order valence-electron chi connectivity index (χ1n) is 5.14. The van der Waals surface area contributed by atoms with E-state index >= 15 is 0 Å². The number of hydrogen-bond donors (Lipinski definition) is 0. The molecule has 17 heavy (non-hydrogen) atoms. The maximum absolute atomic E-state index is 12.3. The highest BCUT2D eigenvalue weighted by Crippen LogP contribution is 2.19. The van der Waals surface area contributed by atoms with Gasteiger partial charge in [-0.3, -0.25) is 4.79 Å². The van der Waals surface area contributed by atoms with Gasteiger partial charge in [0.15, 0.2) is 5.78 Å². The van der Waals surface area contributed by atoms with Crippen molar-refractivity contribution < 1.29 is 4.79 Å². The van der Waals surface area contributed by atoms with Crippen molar-refractivity contribution in [3.05, 3.63) is 67.2 Å². The Morgan fingerprint density at radius 1 is 1.12 bits per heavy atom. The minimum Gasteiger partial charge on any atom is -0.289 e. The number of aryl methyl sites for hydroxylation is 1. The zero-order valence-corrected chi connectivity index (χ0v) is 12.9. The SMILES string of the molecule is Cc1ccc(I)c(C(=O)c2ccc(Br)cc2)c1. The lowest BCUT2D eigenvalue weighted by atomic mass is 10.0. The molecule has 0 saturated carbocycles. The molecule has 2 rings (SSSR count). The number of carbonyl (C=O) groups is 1. The van der Waals surface area contributed by atoms with Gasteiger partial charge in [0.25, 0.3) is 0 Å². The molecule has 0 aliphatic carbocycles. The van der Waals surface area contributed by atoms with Crippen LogP contribution in [0.3, 0.4) is 0 Å². The van der Waals surface area contributed by atoms with Crippen LogP contribution < -0.4 is 0 Å². The summed E-state index contributed by atoms with van der Waals surface area (Å²) in [5.41, 5.74) is 2.59. The summed E-state index contributed by atoms with van der Waals surface area (Å²) < 4.78 is 1.97. The monoisotopic (exact) mass is 400 g/mol. The second-order valence-electron chi connectivity index (χ2n) is 3.82. The molecule has 0 amide bonds. The third-order valence-electron chi connectivity index (χ3n) is 2.47. The van der Waals surface area contributed by atoms with Gasteiger partial charge in [-0.15, -0.1) is 0 Å². The number of rotatable bonds is 2. The Morgan fingerprint density at radius 2 is 1.76 bits per heavy atom. The van der Waals surface area contributed by atoms with Gasteiger partial charge < -0.3 is 0 Å². The maximum Gasteiger partial charge on any atom is 0.194 e. The summed E-state index contributed by atoms with van der Waals surface area (Å²) in [6.07, 6.45) is 0. The summed E-state index contributed by atoms with van der Waals surface area (Å²) in [7, 11) is 0. The first kappa shape index (κ1) is 12.8. The highest BCUT2D eigenvalue weighted by molar-refractivity contribution is 14.1. The van der Waals surface area contributed by atoms with E-state index in [0.29, 0.717) is 0 Å². The molecule has 86 valence electrons. The van der Waals surface area contributed by atoms with E-state index < -0.39 is 0 Å². The van der Waals surface area contributed by atoms with E-state index in [0.717, 1.165) is 24.7 Å². The van der Waals surface area contributed by atoms with Gasteiger partial charge in [-0.05, 0) is 65.9 Å². The van der Waals surface area contributed by atoms with Crippen molar-refractivity contribution in [3.63, 3.8) is 0 Å². The number of hydrogen-bond acceptors (Lipinski definition) is 1. The Labute approximate surface area is 123 Å². The Bertz CT molecular complexity index is 561. The Kier molecular flexibility index (Phi) is 3.99. The lowest BCUT2D eigenvalue weighted by Crippen LogP contribution is -2.03. The van der Waals surface area contributed by atoms with Crippen LogP contribution in [-0.4, -0.2) is 5.78 Å². The largest absolute Gasteiger partial charge is 0.289 e. The molecule has 0 heterocycles. The second-order valence-corrected chi connectivity index (χ2v) is 5.90. The Hall–Kier alpha value is -0.680. The van der Waals surface area contributed by atoms with Gasteiger partial charge in [0.2, 0.25) is 0 Å². The first-order chi connectivity index (χ1) is 8.08.